The number of phenols is 1. The zero-order chi connectivity index (χ0) is 20.5. The molecule has 4 atom stereocenters. The largest absolute Gasteiger partial charge is 0.511 e. The lowest BCUT2D eigenvalue weighted by Gasteiger charge is -2.43. The highest BCUT2D eigenvalue weighted by Gasteiger charge is 2.53. The molecule has 0 aliphatic heterocycles. The van der Waals surface area contributed by atoms with Crippen LogP contribution in [0.3, 0.4) is 0 Å². The van der Waals surface area contributed by atoms with Gasteiger partial charge in [-0.25, -0.2) is 0 Å². The van der Waals surface area contributed by atoms with Gasteiger partial charge in [-0.1, -0.05) is 11.6 Å². The number of rotatable bonds is 1. The Labute approximate surface area is 163 Å². The summed E-state index contributed by atoms with van der Waals surface area (Å²) < 4.78 is 0. The smallest absolute Gasteiger partial charge is 0.255 e. The van der Waals surface area contributed by atoms with Crippen LogP contribution in [-0.2, 0) is 14.4 Å². The van der Waals surface area contributed by atoms with Crippen LogP contribution in [-0.4, -0.2) is 37.9 Å². The predicted octanol–water partition coefficient (Wildman–Crippen LogP) is 1.45. The number of amides is 1. The highest BCUT2D eigenvalue weighted by atomic mass is 35.5. The lowest BCUT2D eigenvalue weighted by Crippen LogP contribution is -2.45. The molecule has 4 unspecified atom stereocenters. The molecular formula is C19H16ClNO7. The number of allylic oxidation sites excluding steroid dienone is 1. The first-order valence-corrected chi connectivity index (χ1v) is 8.96. The molecule has 6 N–H and O–H groups in total. The lowest BCUT2D eigenvalue weighted by atomic mass is 9.61. The number of aliphatic hydroxyl groups excluding tert-OH is 3. The summed E-state index contributed by atoms with van der Waals surface area (Å²) in [6.07, 6.45) is -1.41. The van der Waals surface area contributed by atoms with Gasteiger partial charge in [0.25, 0.3) is 5.91 Å². The molecule has 1 fully saturated rings. The molecule has 3 aliphatic rings. The molecule has 3 aliphatic carbocycles. The number of carbonyl (C=O) groups excluding carboxylic acids is 3. The van der Waals surface area contributed by atoms with Crippen LogP contribution in [0.25, 0.3) is 5.76 Å². The second kappa shape index (κ2) is 6.08. The number of primary amides is 1. The molecule has 9 heteroatoms. The summed E-state index contributed by atoms with van der Waals surface area (Å²) in [6, 6.07) is 2.59. The fraction of sp³-hybridized carbons (Fsp3) is 0.316. The third kappa shape index (κ3) is 2.31. The number of fused-ring (bicyclic) bond motifs is 3. The van der Waals surface area contributed by atoms with Crippen molar-refractivity contribution in [3.05, 3.63) is 45.2 Å². The molecule has 1 amide bonds. The number of nitrogens with two attached hydrogens (primary N) is 1. The second-order valence-electron chi connectivity index (χ2n) is 7.26. The fourth-order valence-electron chi connectivity index (χ4n) is 4.63. The number of hydrogen-bond donors (Lipinski definition) is 5. The summed E-state index contributed by atoms with van der Waals surface area (Å²) in [5, 5.41) is 42.2. The van der Waals surface area contributed by atoms with E-state index >= 15 is 0 Å². The molecular weight excluding hydrogens is 390 g/mol. The summed E-state index contributed by atoms with van der Waals surface area (Å²) in [5.41, 5.74) is 4.31. The van der Waals surface area contributed by atoms with Crippen molar-refractivity contribution in [2.24, 2.45) is 23.5 Å². The van der Waals surface area contributed by atoms with E-state index in [-0.39, 0.29) is 40.3 Å². The van der Waals surface area contributed by atoms with Gasteiger partial charge in [-0.3, -0.25) is 14.4 Å². The SMILES string of the molecule is NC(=O)C1=C(O)C2C(=O)C3=C(O)c4c(O)ccc(Cl)c4C(O)C3CC2CC1=O. The monoisotopic (exact) mass is 405 g/mol. The predicted molar refractivity (Wildman–Crippen MR) is 96.2 cm³/mol. The minimum atomic E-state index is -1.30. The van der Waals surface area contributed by atoms with Crippen LogP contribution in [0.15, 0.2) is 29.0 Å². The Bertz CT molecular complexity index is 1030. The molecule has 1 saturated carbocycles. The Morgan fingerprint density at radius 2 is 1.86 bits per heavy atom. The van der Waals surface area contributed by atoms with E-state index in [1.807, 2.05) is 0 Å². The molecule has 1 aromatic carbocycles. The quantitative estimate of drug-likeness (QED) is 0.442. The van der Waals surface area contributed by atoms with E-state index < -0.39 is 58.4 Å². The number of aliphatic hydroxyl groups is 3. The molecule has 28 heavy (non-hydrogen) atoms. The van der Waals surface area contributed by atoms with E-state index in [2.05, 4.69) is 0 Å². The molecule has 0 bridgehead atoms. The van der Waals surface area contributed by atoms with Crippen molar-refractivity contribution >= 4 is 34.8 Å². The third-order valence-electron chi connectivity index (χ3n) is 5.81. The maximum absolute atomic E-state index is 13.1. The standard InChI is InChI=1S/C19H16ClNO7/c20-7-1-2-8(22)13-12(7)15(24)6-3-5-4-9(23)14(19(21)28)17(26)10(5)16(25)11(6)18(13)27/h1-2,5-6,10,15,22,24,26-27H,3-4H2,(H2,21,28). The van der Waals surface area contributed by atoms with E-state index in [1.165, 1.54) is 12.1 Å². The Morgan fingerprint density at radius 1 is 1.18 bits per heavy atom. The highest BCUT2D eigenvalue weighted by molar-refractivity contribution is 6.32. The van der Waals surface area contributed by atoms with Crippen molar-refractivity contribution in [1.29, 1.82) is 0 Å². The summed E-state index contributed by atoms with van der Waals surface area (Å²) in [7, 11) is 0. The zero-order valence-electron chi connectivity index (χ0n) is 14.3. The minimum absolute atomic E-state index is 0.0875. The number of hydrogen-bond acceptors (Lipinski definition) is 7. The zero-order valence-corrected chi connectivity index (χ0v) is 15.1. The Morgan fingerprint density at radius 3 is 2.50 bits per heavy atom. The van der Waals surface area contributed by atoms with Crippen LogP contribution >= 0.6 is 11.6 Å². The van der Waals surface area contributed by atoms with E-state index in [4.69, 9.17) is 17.3 Å². The van der Waals surface area contributed by atoms with Gasteiger partial charge in [-0.2, -0.15) is 0 Å². The van der Waals surface area contributed by atoms with Crippen molar-refractivity contribution in [3.8, 4) is 5.75 Å². The summed E-state index contributed by atoms with van der Waals surface area (Å²) >= 11 is 6.14. The molecule has 0 spiro atoms. The van der Waals surface area contributed by atoms with E-state index in [0.717, 1.165) is 0 Å². The average molecular weight is 406 g/mol. The van der Waals surface area contributed by atoms with Crippen LogP contribution in [0.5, 0.6) is 5.75 Å². The lowest BCUT2D eigenvalue weighted by molar-refractivity contribution is -0.128. The average Bonchev–Trinajstić information content (AvgIpc) is 2.60. The van der Waals surface area contributed by atoms with Crippen LogP contribution in [0.1, 0.15) is 30.1 Å². The van der Waals surface area contributed by atoms with Gasteiger partial charge in [0, 0.05) is 28.5 Å². The second-order valence-corrected chi connectivity index (χ2v) is 7.67. The van der Waals surface area contributed by atoms with Crippen molar-refractivity contribution in [3.63, 3.8) is 0 Å². The Balaban J connectivity index is 1.93. The molecule has 8 nitrogen and oxygen atoms in total. The van der Waals surface area contributed by atoms with Gasteiger partial charge in [-0.15, -0.1) is 0 Å². The highest BCUT2D eigenvalue weighted by Crippen LogP contribution is 2.54. The molecule has 0 heterocycles. The normalized spacial score (nSPS) is 29.4. The van der Waals surface area contributed by atoms with E-state index in [1.54, 1.807) is 0 Å². The first-order valence-electron chi connectivity index (χ1n) is 8.58. The van der Waals surface area contributed by atoms with Crippen LogP contribution in [0.4, 0.5) is 0 Å². The van der Waals surface area contributed by atoms with Crippen LogP contribution in [0.2, 0.25) is 5.02 Å². The number of benzene rings is 1. The number of aromatic hydroxyl groups is 1. The van der Waals surface area contributed by atoms with Crippen molar-refractivity contribution in [2.75, 3.05) is 0 Å². The van der Waals surface area contributed by atoms with Crippen molar-refractivity contribution in [2.45, 2.75) is 18.9 Å². The van der Waals surface area contributed by atoms with Gasteiger partial charge in [0.15, 0.2) is 11.6 Å². The van der Waals surface area contributed by atoms with Gasteiger partial charge >= 0.3 is 0 Å². The van der Waals surface area contributed by atoms with Gasteiger partial charge in [0.1, 0.15) is 22.8 Å². The van der Waals surface area contributed by atoms with Gasteiger partial charge in [0.2, 0.25) is 0 Å². The van der Waals surface area contributed by atoms with Gasteiger partial charge < -0.3 is 26.2 Å². The molecule has 0 aromatic heterocycles. The number of ketones is 2. The maximum Gasteiger partial charge on any atom is 0.255 e. The maximum atomic E-state index is 13.1. The van der Waals surface area contributed by atoms with Gasteiger partial charge in [0.05, 0.1) is 17.6 Å². The number of halogens is 1. The fourth-order valence-corrected chi connectivity index (χ4v) is 4.90. The molecule has 0 radical (unpaired) electrons. The van der Waals surface area contributed by atoms with Crippen molar-refractivity contribution in [1.82, 2.24) is 0 Å². The minimum Gasteiger partial charge on any atom is -0.511 e. The summed E-state index contributed by atoms with van der Waals surface area (Å²) in [4.78, 5) is 36.9. The first-order chi connectivity index (χ1) is 13.1. The molecule has 0 saturated heterocycles. The Hall–Kier alpha value is -2.84. The van der Waals surface area contributed by atoms with E-state index in [9.17, 15) is 34.8 Å². The van der Waals surface area contributed by atoms with Crippen molar-refractivity contribution < 1.29 is 34.8 Å². The Kier molecular flexibility index (Phi) is 4.02. The summed E-state index contributed by atoms with van der Waals surface area (Å²) in [6.45, 7) is 0. The topological polar surface area (TPSA) is 158 Å². The number of Topliss-reactive ketones (excluding diaryl/α,β-unsaturated/α-hetero) is 2. The van der Waals surface area contributed by atoms with Crippen LogP contribution < -0.4 is 5.73 Å². The number of phenolic OH excluding ortho intramolecular Hbond substituents is 1. The molecule has 1 aromatic rings. The van der Waals surface area contributed by atoms with E-state index in [0.29, 0.717) is 0 Å². The van der Waals surface area contributed by atoms with Gasteiger partial charge in [-0.05, 0) is 24.5 Å². The molecule has 4 rings (SSSR count). The first kappa shape index (κ1) is 18.5. The molecule has 146 valence electrons. The summed E-state index contributed by atoms with van der Waals surface area (Å²) in [5.74, 6) is -6.94. The number of carbonyl (C=O) groups is 3. The third-order valence-corrected chi connectivity index (χ3v) is 6.14. The van der Waals surface area contributed by atoms with Crippen LogP contribution in [0, 0.1) is 17.8 Å².